The predicted octanol–water partition coefficient (Wildman–Crippen LogP) is 2.47. The summed E-state index contributed by atoms with van der Waals surface area (Å²) in [5, 5.41) is 8.67. The summed E-state index contributed by atoms with van der Waals surface area (Å²) < 4.78 is 8.15. The Morgan fingerprint density at radius 2 is 2.09 bits per heavy atom. The third-order valence-electron chi connectivity index (χ3n) is 5.76. The van der Waals surface area contributed by atoms with Gasteiger partial charge in [0.15, 0.2) is 0 Å². The lowest BCUT2D eigenvalue weighted by atomic mass is 9.99. The van der Waals surface area contributed by atoms with Crippen LogP contribution in [0.15, 0.2) is 6.20 Å². The van der Waals surface area contributed by atoms with Gasteiger partial charge in [-0.2, -0.15) is 0 Å². The molecule has 0 N–H and O–H groups in total. The minimum absolute atomic E-state index is 0.348. The first kappa shape index (κ1) is 14.6. The maximum atomic E-state index is 6.16. The number of piperidine rings is 1. The predicted molar refractivity (Wildman–Crippen MR) is 84.3 cm³/mol. The zero-order chi connectivity index (χ0) is 14.9. The Balaban J connectivity index is 1.28. The van der Waals surface area contributed by atoms with Gasteiger partial charge in [0.25, 0.3) is 0 Å². The maximum absolute atomic E-state index is 6.16. The molecule has 2 saturated heterocycles. The molecule has 5 nitrogen and oxygen atoms in total. The highest BCUT2D eigenvalue weighted by Gasteiger charge is 2.38. The fourth-order valence-corrected chi connectivity index (χ4v) is 4.37. The summed E-state index contributed by atoms with van der Waals surface area (Å²) in [6.45, 7) is 6.57. The molecule has 1 saturated carbocycles. The van der Waals surface area contributed by atoms with E-state index in [1.165, 1.54) is 51.6 Å². The molecule has 4 rings (SSSR count). The molecular formula is C17H28N4O. The molecule has 0 spiro atoms. The van der Waals surface area contributed by atoms with Crippen molar-refractivity contribution in [3.05, 3.63) is 11.9 Å². The van der Waals surface area contributed by atoms with Crippen molar-refractivity contribution < 1.29 is 4.74 Å². The Morgan fingerprint density at radius 1 is 1.23 bits per heavy atom. The van der Waals surface area contributed by atoms with Crippen LogP contribution in [0.3, 0.4) is 0 Å². The average Bonchev–Trinajstić information content (AvgIpc) is 3.18. The second-order valence-electron chi connectivity index (χ2n) is 7.61. The van der Waals surface area contributed by atoms with Gasteiger partial charge in [-0.15, -0.1) is 5.10 Å². The van der Waals surface area contributed by atoms with Gasteiger partial charge in [-0.1, -0.05) is 18.6 Å². The first-order valence-electron chi connectivity index (χ1n) is 9.03. The van der Waals surface area contributed by atoms with Crippen molar-refractivity contribution in [3.8, 4) is 0 Å². The molecule has 0 bridgehead atoms. The molecule has 1 aromatic rings. The number of fused-ring (bicyclic) bond motifs is 1. The van der Waals surface area contributed by atoms with Crippen LogP contribution < -0.4 is 0 Å². The molecule has 1 aromatic heterocycles. The van der Waals surface area contributed by atoms with Crippen molar-refractivity contribution in [2.45, 2.75) is 70.7 Å². The zero-order valence-electron chi connectivity index (χ0n) is 13.7. The summed E-state index contributed by atoms with van der Waals surface area (Å²) in [6, 6.07) is 0. The van der Waals surface area contributed by atoms with Crippen LogP contribution >= 0.6 is 0 Å². The van der Waals surface area contributed by atoms with Gasteiger partial charge in [0, 0.05) is 12.7 Å². The van der Waals surface area contributed by atoms with Crippen LogP contribution in [0.5, 0.6) is 0 Å². The fourth-order valence-electron chi connectivity index (χ4n) is 4.37. The lowest BCUT2D eigenvalue weighted by molar-refractivity contribution is 0.0300. The molecule has 3 fully saturated rings. The summed E-state index contributed by atoms with van der Waals surface area (Å²) in [4.78, 5) is 2.50. The van der Waals surface area contributed by atoms with E-state index in [1.54, 1.807) is 0 Å². The highest BCUT2D eigenvalue weighted by atomic mass is 16.5. The maximum Gasteiger partial charge on any atom is 0.0967 e. The molecule has 22 heavy (non-hydrogen) atoms. The van der Waals surface area contributed by atoms with E-state index in [2.05, 4.69) is 28.3 Å². The first-order valence-corrected chi connectivity index (χ1v) is 9.03. The molecule has 122 valence electrons. The smallest absolute Gasteiger partial charge is 0.0967 e. The molecule has 0 radical (unpaired) electrons. The van der Waals surface area contributed by atoms with Gasteiger partial charge in [-0.3, -0.25) is 4.90 Å². The van der Waals surface area contributed by atoms with E-state index in [4.69, 9.17) is 4.74 Å². The monoisotopic (exact) mass is 304 g/mol. The Bertz CT molecular complexity index is 483. The average molecular weight is 304 g/mol. The van der Waals surface area contributed by atoms with Crippen LogP contribution in [0.1, 0.15) is 51.1 Å². The first-order chi connectivity index (χ1) is 10.8. The van der Waals surface area contributed by atoms with E-state index in [-0.39, 0.29) is 0 Å². The van der Waals surface area contributed by atoms with Crippen LogP contribution in [0.2, 0.25) is 0 Å². The molecule has 0 aromatic carbocycles. The lowest BCUT2D eigenvalue weighted by Crippen LogP contribution is -2.32. The van der Waals surface area contributed by atoms with Crippen molar-refractivity contribution in [2.75, 3.05) is 13.1 Å². The van der Waals surface area contributed by atoms with E-state index >= 15 is 0 Å². The Morgan fingerprint density at radius 3 is 2.91 bits per heavy atom. The second kappa shape index (κ2) is 6.28. The van der Waals surface area contributed by atoms with E-state index in [1.807, 2.05) is 4.68 Å². The number of hydrogen-bond acceptors (Lipinski definition) is 4. The van der Waals surface area contributed by atoms with E-state index in [0.717, 1.165) is 30.6 Å². The minimum atomic E-state index is 0.348. The van der Waals surface area contributed by atoms with Gasteiger partial charge in [0.2, 0.25) is 0 Å². The quantitative estimate of drug-likeness (QED) is 0.857. The summed E-state index contributed by atoms with van der Waals surface area (Å²) in [6.07, 6.45) is 10.8. The zero-order valence-corrected chi connectivity index (χ0v) is 13.7. The van der Waals surface area contributed by atoms with E-state index in [0.29, 0.717) is 12.2 Å². The fraction of sp³-hybridized carbons (Fsp3) is 0.882. The molecule has 3 aliphatic rings. The molecule has 3 atom stereocenters. The Labute approximate surface area is 133 Å². The van der Waals surface area contributed by atoms with Gasteiger partial charge < -0.3 is 4.74 Å². The van der Waals surface area contributed by atoms with Gasteiger partial charge in [-0.25, -0.2) is 4.68 Å². The highest BCUT2D eigenvalue weighted by Crippen LogP contribution is 2.39. The van der Waals surface area contributed by atoms with E-state index < -0.39 is 0 Å². The summed E-state index contributed by atoms with van der Waals surface area (Å²) in [7, 11) is 0. The Hall–Kier alpha value is -0.940. The number of hydrogen-bond donors (Lipinski definition) is 0. The summed E-state index contributed by atoms with van der Waals surface area (Å²) in [5.74, 6) is 1.69. The molecule has 3 unspecified atom stereocenters. The van der Waals surface area contributed by atoms with Crippen LogP contribution in [0.25, 0.3) is 0 Å². The SMILES string of the molecule is CC1CCN(Cc2cn(CC3CC4CCCC4O3)nn2)CC1. The molecular weight excluding hydrogens is 276 g/mol. The highest BCUT2D eigenvalue weighted by molar-refractivity contribution is 4.94. The van der Waals surface area contributed by atoms with Crippen molar-refractivity contribution in [1.82, 2.24) is 19.9 Å². The van der Waals surface area contributed by atoms with Crippen molar-refractivity contribution >= 4 is 0 Å². The second-order valence-corrected chi connectivity index (χ2v) is 7.61. The molecule has 0 amide bonds. The van der Waals surface area contributed by atoms with Crippen LogP contribution in [0, 0.1) is 11.8 Å². The number of ether oxygens (including phenoxy) is 1. The third-order valence-corrected chi connectivity index (χ3v) is 5.76. The van der Waals surface area contributed by atoms with Crippen molar-refractivity contribution in [2.24, 2.45) is 11.8 Å². The standard InChI is InChI=1S/C17H28N4O/c1-13-5-7-20(8-6-13)10-15-11-21(19-18-15)12-16-9-14-3-2-4-17(14)22-16/h11,13-14,16-17H,2-10,12H2,1H3. The molecule has 1 aliphatic carbocycles. The normalized spacial score (nSPS) is 33.4. The Kier molecular flexibility index (Phi) is 4.18. The van der Waals surface area contributed by atoms with Gasteiger partial charge in [-0.05, 0) is 57.0 Å². The largest absolute Gasteiger partial charge is 0.373 e. The number of nitrogens with zero attached hydrogens (tertiary/aromatic N) is 4. The van der Waals surface area contributed by atoms with E-state index in [9.17, 15) is 0 Å². The molecule has 3 heterocycles. The van der Waals surface area contributed by atoms with Crippen molar-refractivity contribution in [1.29, 1.82) is 0 Å². The third kappa shape index (κ3) is 3.20. The van der Waals surface area contributed by atoms with Gasteiger partial charge in [0.05, 0.1) is 24.4 Å². The van der Waals surface area contributed by atoms with Crippen LogP contribution in [0.4, 0.5) is 0 Å². The minimum Gasteiger partial charge on any atom is -0.373 e. The topological polar surface area (TPSA) is 43.2 Å². The van der Waals surface area contributed by atoms with Crippen LogP contribution in [-0.4, -0.2) is 45.2 Å². The van der Waals surface area contributed by atoms with Gasteiger partial charge >= 0.3 is 0 Å². The number of likely N-dealkylation sites (tertiary alicyclic amines) is 1. The summed E-state index contributed by atoms with van der Waals surface area (Å²) >= 11 is 0. The number of rotatable bonds is 4. The number of aromatic nitrogens is 3. The van der Waals surface area contributed by atoms with Crippen molar-refractivity contribution in [3.63, 3.8) is 0 Å². The lowest BCUT2D eigenvalue weighted by Gasteiger charge is -2.29. The molecule has 2 aliphatic heterocycles. The molecule has 5 heteroatoms. The van der Waals surface area contributed by atoms with Crippen LogP contribution in [-0.2, 0) is 17.8 Å². The van der Waals surface area contributed by atoms with Gasteiger partial charge in [0.1, 0.15) is 0 Å². The summed E-state index contributed by atoms with van der Waals surface area (Å²) in [5.41, 5.74) is 1.10.